The maximum Gasteiger partial charge on any atom is 0.245 e. The van der Waals surface area contributed by atoms with Crippen LogP contribution in [0, 0.1) is 6.92 Å². The van der Waals surface area contributed by atoms with Crippen molar-refractivity contribution in [3.8, 4) is 5.75 Å². The van der Waals surface area contributed by atoms with E-state index in [2.05, 4.69) is 5.32 Å². The number of aryl methyl sites for hydroxylation is 1. The molecule has 0 aromatic heterocycles. The van der Waals surface area contributed by atoms with Crippen molar-refractivity contribution in [1.29, 1.82) is 0 Å². The molecule has 2 aliphatic rings. The molecule has 7 nitrogen and oxygen atoms in total. The summed E-state index contributed by atoms with van der Waals surface area (Å²) in [6.07, 6.45) is 2.00. The summed E-state index contributed by atoms with van der Waals surface area (Å²) >= 11 is 0. The summed E-state index contributed by atoms with van der Waals surface area (Å²) in [5, 5.41) is 2.73. The van der Waals surface area contributed by atoms with E-state index in [9.17, 15) is 14.4 Å². The Hall–Kier alpha value is -2.57. The van der Waals surface area contributed by atoms with Crippen molar-refractivity contribution in [2.24, 2.45) is 0 Å². The first-order valence-electron chi connectivity index (χ1n) is 9.47. The van der Waals surface area contributed by atoms with Crippen molar-refractivity contribution in [1.82, 2.24) is 15.1 Å². The summed E-state index contributed by atoms with van der Waals surface area (Å²) in [5.74, 6) is 0.669. The van der Waals surface area contributed by atoms with Crippen molar-refractivity contribution >= 4 is 17.7 Å². The van der Waals surface area contributed by atoms with Gasteiger partial charge in [-0.25, -0.2) is 0 Å². The van der Waals surface area contributed by atoms with E-state index in [4.69, 9.17) is 4.74 Å². The van der Waals surface area contributed by atoms with E-state index < -0.39 is 6.04 Å². The van der Waals surface area contributed by atoms with Gasteiger partial charge in [0.15, 0.2) is 0 Å². The third kappa shape index (κ3) is 4.59. The number of methoxy groups -OCH3 is 1. The van der Waals surface area contributed by atoms with Crippen LogP contribution in [0.3, 0.4) is 0 Å². The molecule has 0 saturated carbocycles. The summed E-state index contributed by atoms with van der Waals surface area (Å²) < 4.78 is 5.37. The molecular weight excluding hydrogens is 346 g/mol. The molecule has 2 heterocycles. The minimum atomic E-state index is -0.406. The van der Waals surface area contributed by atoms with Crippen LogP contribution in [-0.2, 0) is 20.8 Å². The molecule has 1 aromatic rings. The van der Waals surface area contributed by atoms with Crippen LogP contribution in [0.15, 0.2) is 18.2 Å². The van der Waals surface area contributed by atoms with E-state index in [0.29, 0.717) is 39.0 Å². The molecule has 1 N–H and O–H groups in total. The van der Waals surface area contributed by atoms with Gasteiger partial charge in [0.25, 0.3) is 0 Å². The quantitative estimate of drug-likeness (QED) is 0.850. The molecule has 1 atom stereocenters. The molecule has 0 spiro atoms. The molecule has 2 saturated heterocycles. The predicted molar refractivity (Wildman–Crippen MR) is 100 cm³/mol. The summed E-state index contributed by atoms with van der Waals surface area (Å²) in [6, 6.07) is 5.42. The summed E-state index contributed by atoms with van der Waals surface area (Å²) in [5.41, 5.74) is 1.97. The van der Waals surface area contributed by atoms with Crippen molar-refractivity contribution in [3.05, 3.63) is 29.3 Å². The lowest BCUT2D eigenvalue weighted by Gasteiger charge is -2.24. The number of amides is 3. The molecular formula is C20H27N3O4. The zero-order chi connectivity index (χ0) is 19.4. The van der Waals surface area contributed by atoms with Gasteiger partial charge in [-0.15, -0.1) is 0 Å². The molecule has 7 heteroatoms. The van der Waals surface area contributed by atoms with Crippen molar-refractivity contribution in [3.63, 3.8) is 0 Å². The molecule has 0 aliphatic carbocycles. The average molecular weight is 373 g/mol. The number of ether oxygens (including phenoxy) is 1. The van der Waals surface area contributed by atoms with Gasteiger partial charge in [-0.2, -0.15) is 0 Å². The van der Waals surface area contributed by atoms with E-state index in [0.717, 1.165) is 23.3 Å². The van der Waals surface area contributed by atoms with Gasteiger partial charge in [0.05, 0.1) is 13.5 Å². The Balaban J connectivity index is 1.59. The fraction of sp³-hybridized carbons (Fsp3) is 0.550. The smallest absolute Gasteiger partial charge is 0.245 e. The summed E-state index contributed by atoms with van der Waals surface area (Å²) in [7, 11) is 1.61. The highest BCUT2D eigenvalue weighted by Crippen LogP contribution is 2.21. The molecule has 0 radical (unpaired) electrons. The van der Waals surface area contributed by atoms with Gasteiger partial charge in [-0.05, 0) is 25.8 Å². The van der Waals surface area contributed by atoms with Gasteiger partial charge in [0.2, 0.25) is 17.7 Å². The zero-order valence-corrected chi connectivity index (χ0v) is 16.0. The lowest BCUT2D eigenvalue weighted by atomic mass is 10.1. The second-order valence-corrected chi connectivity index (χ2v) is 7.21. The first-order valence-corrected chi connectivity index (χ1v) is 9.47. The van der Waals surface area contributed by atoms with Gasteiger partial charge >= 0.3 is 0 Å². The minimum absolute atomic E-state index is 0.0319. The van der Waals surface area contributed by atoms with Gasteiger partial charge in [-0.3, -0.25) is 14.4 Å². The van der Waals surface area contributed by atoms with Gasteiger partial charge in [0.1, 0.15) is 11.8 Å². The Labute approximate surface area is 159 Å². The third-order valence-electron chi connectivity index (χ3n) is 5.23. The molecule has 3 amide bonds. The number of nitrogens with one attached hydrogen (secondary N) is 1. The van der Waals surface area contributed by atoms with E-state index in [1.165, 1.54) is 0 Å². The molecule has 0 bridgehead atoms. The predicted octanol–water partition coefficient (Wildman–Crippen LogP) is 0.886. The average Bonchev–Trinajstić information content (AvgIpc) is 2.93. The molecule has 27 heavy (non-hydrogen) atoms. The topological polar surface area (TPSA) is 79.0 Å². The van der Waals surface area contributed by atoms with Gasteiger partial charge in [-0.1, -0.05) is 17.7 Å². The van der Waals surface area contributed by atoms with E-state index >= 15 is 0 Å². The highest BCUT2D eigenvalue weighted by atomic mass is 16.5. The van der Waals surface area contributed by atoms with Crippen LogP contribution in [0.2, 0.25) is 0 Å². The van der Waals surface area contributed by atoms with Crippen LogP contribution >= 0.6 is 0 Å². The van der Waals surface area contributed by atoms with Gasteiger partial charge < -0.3 is 19.9 Å². The normalized spacial score (nSPS) is 20.2. The van der Waals surface area contributed by atoms with Crippen molar-refractivity contribution < 1.29 is 19.1 Å². The SMILES string of the molecule is COc1ccc(C)cc1CC(=O)N1CCCN(C(=O)C2CCC(=O)N2)CC1. The Morgan fingerprint density at radius 1 is 1.19 bits per heavy atom. The molecule has 1 unspecified atom stereocenters. The number of carbonyl (C=O) groups excluding carboxylic acids is 3. The lowest BCUT2D eigenvalue weighted by Crippen LogP contribution is -2.46. The van der Waals surface area contributed by atoms with Crippen LogP contribution in [0.4, 0.5) is 0 Å². The van der Waals surface area contributed by atoms with Crippen molar-refractivity contribution in [2.75, 3.05) is 33.3 Å². The molecule has 146 valence electrons. The zero-order valence-electron chi connectivity index (χ0n) is 16.0. The standard InChI is InChI=1S/C20H27N3O4/c1-14-4-6-17(27-2)15(12-14)13-19(25)22-8-3-9-23(11-10-22)20(26)16-5-7-18(24)21-16/h4,6,12,16H,3,5,7-11,13H2,1-2H3,(H,21,24). The highest BCUT2D eigenvalue weighted by molar-refractivity contribution is 5.91. The summed E-state index contributed by atoms with van der Waals surface area (Å²) in [6.45, 7) is 4.25. The Bertz CT molecular complexity index is 734. The molecule has 3 rings (SSSR count). The third-order valence-corrected chi connectivity index (χ3v) is 5.23. The summed E-state index contributed by atoms with van der Waals surface area (Å²) in [4.78, 5) is 40.3. The fourth-order valence-electron chi connectivity index (χ4n) is 3.73. The number of hydrogen-bond acceptors (Lipinski definition) is 4. The van der Waals surface area contributed by atoms with Crippen LogP contribution in [0.5, 0.6) is 5.75 Å². The Morgan fingerprint density at radius 3 is 2.63 bits per heavy atom. The lowest BCUT2D eigenvalue weighted by molar-refractivity contribution is -0.135. The maximum absolute atomic E-state index is 12.8. The first-order chi connectivity index (χ1) is 13.0. The fourth-order valence-corrected chi connectivity index (χ4v) is 3.73. The van der Waals surface area contributed by atoms with E-state index in [1.54, 1.807) is 12.0 Å². The van der Waals surface area contributed by atoms with Crippen LogP contribution < -0.4 is 10.1 Å². The van der Waals surface area contributed by atoms with Crippen LogP contribution in [0.1, 0.15) is 30.4 Å². The minimum Gasteiger partial charge on any atom is -0.496 e. The Kier molecular flexibility index (Phi) is 5.98. The molecule has 1 aromatic carbocycles. The number of rotatable bonds is 4. The highest BCUT2D eigenvalue weighted by Gasteiger charge is 2.32. The number of carbonyl (C=O) groups is 3. The molecule has 2 fully saturated rings. The molecule has 2 aliphatic heterocycles. The first kappa shape index (κ1) is 19.2. The number of hydrogen-bond donors (Lipinski definition) is 1. The second kappa shape index (κ2) is 8.41. The Morgan fingerprint density at radius 2 is 1.93 bits per heavy atom. The van der Waals surface area contributed by atoms with Crippen LogP contribution in [-0.4, -0.2) is 66.9 Å². The van der Waals surface area contributed by atoms with Crippen molar-refractivity contribution in [2.45, 2.75) is 38.6 Å². The monoisotopic (exact) mass is 373 g/mol. The number of benzene rings is 1. The van der Waals surface area contributed by atoms with E-state index in [-0.39, 0.29) is 24.1 Å². The number of nitrogens with zero attached hydrogens (tertiary/aromatic N) is 2. The van der Waals surface area contributed by atoms with E-state index in [1.807, 2.05) is 30.0 Å². The maximum atomic E-state index is 12.8. The second-order valence-electron chi connectivity index (χ2n) is 7.21. The largest absolute Gasteiger partial charge is 0.496 e. The van der Waals surface area contributed by atoms with Gasteiger partial charge in [0, 0.05) is 38.2 Å². The van der Waals surface area contributed by atoms with Crippen LogP contribution in [0.25, 0.3) is 0 Å².